The van der Waals surface area contributed by atoms with Crippen LogP contribution in [0.25, 0.3) is 6.08 Å². The van der Waals surface area contributed by atoms with Crippen molar-refractivity contribution in [1.82, 2.24) is 0 Å². The summed E-state index contributed by atoms with van der Waals surface area (Å²) in [5.41, 5.74) is 0.719. The van der Waals surface area contributed by atoms with E-state index in [1.807, 2.05) is 34.7 Å². The molecule has 0 bridgehead atoms. The lowest BCUT2D eigenvalue weighted by Gasteiger charge is -2.06. The fourth-order valence-corrected chi connectivity index (χ4v) is 3.22. The zero-order chi connectivity index (χ0) is 17.0. The first kappa shape index (κ1) is 17.8. The number of anilines is 1. The van der Waals surface area contributed by atoms with Gasteiger partial charge in [-0.1, -0.05) is 33.6 Å². The van der Waals surface area contributed by atoms with Crippen molar-refractivity contribution in [2.75, 3.05) is 5.32 Å². The Morgan fingerprint density at radius 3 is 2.78 bits per heavy atom. The standard InChI is InChI=1S/C16H9BrClIN2O2/c17-11-2-1-3-13(6-11)21-16(23)10(8-20)4-9-5-12(18)7-14(19)15(9)22/h1-7,22H,(H,21,23)/b10-4-. The second-order valence-corrected chi connectivity index (χ2v) is 6.97. The third kappa shape index (κ3) is 4.70. The summed E-state index contributed by atoms with van der Waals surface area (Å²) in [5, 5.41) is 22.3. The highest BCUT2D eigenvalue weighted by molar-refractivity contribution is 14.1. The SMILES string of the molecule is N#C/C(=C/c1cc(Cl)cc(I)c1O)C(=O)Nc1cccc(Br)c1. The van der Waals surface area contributed by atoms with Gasteiger partial charge in [0.25, 0.3) is 5.91 Å². The van der Waals surface area contributed by atoms with Crippen molar-refractivity contribution in [3.05, 3.63) is 60.6 Å². The molecule has 2 N–H and O–H groups in total. The third-order valence-electron chi connectivity index (χ3n) is 2.81. The maximum atomic E-state index is 12.2. The van der Waals surface area contributed by atoms with Gasteiger partial charge in [-0.2, -0.15) is 5.26 Å². The van der Waals surface area contributed by atoms with Crippen LogP contribution >= 0.6 is 50.1 Å². The highest BCUT2D eigenvalue weighted by Crippen LogP contribution is 2.30. The van der Waals surface area contributed by atoms with Crippen molar-refractivity contribution in [3.63, 3.8) is 0 Å². The Hall–Kier alpha value is -1.56. The fourth-order valence-electron chi connectivity index (χ4n) is 1.76. The molecule has 0 aliphatic carbocycles. The molecule has 0 aliphatic rings. The smallest absolute Gasteiger partial charge is 0.266 e. The minimum atomic E-state index is -0.569. The normalized spacial score (nSPS) is 11.0. The van der Waals surface area contributed by atoms with E-state index in [2.05, 4.69) is 21.2 Å². The molecule has 2 aromatic rings. The molecule has 0 aliphatic heterocycles. The van der Waals surface area contributed by atoms with Gasteiger partial charge in [0.15, 0.2) is 0 Å². The van der Waals surface area contributed by atoms with Crippen molar-refractivity contribution in [1.29, 1.82) is 5.26 Å². The van der Waals surface area contributed by atoms with E-state index in [1.165, 1.54) is 12.1 Å². The summed E-state index contributed by atoms with van der Waals surface area (Å²) in [6.07, 6.45) is 1.30. The summed E-state index contributed by atoms with van der Waals surface area (Å²) >= 11 is 11.2. The first-order valence-electron chi connectivity index (χ1n) is 6.27. The van der Waals surface area contributed by atoms with Gasteiger partial charge in [-0.15, -0.1) is 0 Å². The quantitative estimate of drug-likeness (QED) is 0.353. The Morgan fingerprint density at radius 1 is 1.39 bits per heavy atom. The van der Waals surface area contributed by atoms with E-state index in [1.54, 1.807) is 24.3 Å². The van der Waals surface area contributed by atoms with Gasteiger partial charge in [0.05, 0.1) is 3.57 Å². The van der Waals surface area contributed by atoms with Crippen LogP contribution < -0.4 is 5.32 Å². The predicted octanol–water partition coefficient (Wildman–Crippen LogP) is 4.96. The van der Waals surface area contributed by atoms with Crippen LogP contribution in [0.4, 0.5) is 5.69 Å². The van der Waals surface area contributed by atoms with Crippen LogP contribution in [0.15, 0.2) is 46.4 Å². The second kappa shape index (κ2) is 7.81. The van der Waals surface area contributed by atoms with Crippen LogP contribution in [0.3, 0.4) is 0 Å². The molecule has 0 aromatic heterocycles. The number of aromatic hydroxyl groups is 1. The minimum Gasteiger partial charge on any atom is -0.506 e. The molecule has 4 nitrogen and oxygen atoms in total. The van der Waals surface area contributed by atoms with Gasteiger partial charge < -0.3 is 10.4 Å². The Morgan fingerprint density at radius 2 is 2.13 bits per heavy atom. The van der Waals surface area contributed by atoms with E-state index in [-0.39, 0.29) is 11.3 Å². The van der Waals surface area contributed by atoms with Crippen molar-refractivity contribution in [3.8, 4) is 11.8 Å². The van der Waals surface area contributed by atoms with E-state index in [9.17, 15) is 15.2 Å². The Balaban J connectivity index is 2.32. The molecule has 0 unspecified atom stereocenters. The molecule has 0 heterocycles. The molecule has 7 heteroatoms. The number of rotatable bonds is 3. The number of amides is 1. The van der Waals surface area contributed by atoms with Crippen LogP contribution in [0, 0.1) is 14.9 Å². The first-order chi connectivity index (χ1) is 10.9. The van der Waals surface area contributed by atoms with Crippen LogP contribution in [0.5, 0.6) is 5.75 Å². The van der Waals surface area contributed by atoms with Crippen molar-refractivity contribution < 1.29 is 9.90 Å². The molecule has 0 spiro atoms. The van der Waals surface area contributed by atoms with E-state index in [4.69, 9.17) is 11.6 Å². The summed E-state index contributed by atoms with van der Waals surface area (Å²) in [4.78, 5) is 12.2. The highest BCUT2D eigenvalue weighted by Gasteiger charge is 2.13. The van der Waals surface area contributed by atoms with Crippen molar-refractivity contribution in [2.45, 2.75) is 0 Å². The molecular weight excluding hydrogens is 494 g/mol. The molecule has 0 saturated carbocycles. The molecule has 2 rings (SSSR count). The summed E-state index contributed by atoms with van der Waals surface area (Å²) in [6, 6.07) is 11.9. The van der Waals surface area contributed by atoms with Gasteiger partial charge >= 0.3 is 0 Å². The van der Waals surface area contributed by atoms with Crippen LogP contribution in [0.2, 0.25) is 5.02 Å². The number of hydrogen-bond acceptors (Lipinski definition) is 3. The Kier molecular flexibility index (Phi) is 6.04. The van der Waals surface area contributed by atoms with E-state index < -0.39 is 5.91 Å². The predicted molar refractivity (Wildman–Crippen MR) is 102 cm³/mol. The van der Waals surface area contributed by atoms with Gasteiger partial charge in [0, 0.05) is 20.7 Å². The van der Waals surface area contributed by atoms with Crippen molar-refractivity contribution >= 4 is 67.8 Å². The molecular formula is C16H9BrClIN2O2. The van der Waals surface area contributed by atoms with E-state index in [0.717, 1.165) is 4.47 Å². The van der Waals surface area contributed by atoms with Gasteiger partial charge in [-0.25, -0.2) is 0 Å². The summed E-state index contributed by atoms with van der Waals surface area (Å²) < 4.78 is 1.34. The van der Waals surface area contributed by atoms with E-state index in [0.29, 0.717) is 19.8 Å². The Labute approximate surface area is 160 Å². The first-order valence-corrected chi connectivity index (χ1v) is 8.52. The third-order valence-corrected chi connectivity index (χ3v) is 4.34. The average molecular weight is 504 g/mol. The molecule has 1 amide bonds. The zero-order valence-corrected chi connectivity index (χ0v) is 16.0. The van der Waals surface area contributed by atoms with Gasteiger partial charge in [-0.05, 0) is 59.0 Å². The van der Waals surface area contributed by atoms with Crippen LogP contribution in [-0.2, 0) is 4.79 Å². The van der Waals surface area contributed by atoms with Crippen LogP contribution in [-0.4, -0.2) is 11.0 Å². The molecule has 0 fully saturated rings. The molecule has 23 heavy (non-hydrogen) atoms. The van der Waals surface area contributed by atoms with Crippen molar-refractivity contribution in [2.24, 2.45) is 0 Å². The lowest BCUT2D eigenvalue weighted by atomic mass is 10.1. The number of hydrogen-bond donors (Lipinski definition) is 2. The monoisotopic (exact) mass is 502 g/mol. The van der Waals surface area contributed by atoms with Gasteiger partial charge in [0.1, 0.15) is 17.4 Å². The molecule has 0 saturated heterocycles. The molecule has 0 atom stereocenters. The van der Waals surface area contributed by atoms with Gasteiger partial charge in [0.2, 0.25) is 0 Å². The van der Waals surface area contributed by atoms with Gasteiger partial charge in [-0.3, -0.25) is 4.79 Å². The Bertz CT molecular complexity index is 846. The largest absolute Gasteiger partial charge is 0.506 e. The number of nitrogens with one attached hydrogen (secondary N) is 1. The molecule has 116 valence electrons. The minimum absolute atomic E-state index is 0.0296. The summed E-state index contributed by atoms with van der Waals surface area (Å²) in [6.45, 7) is 0. The van der Waals surface area contributed by atoms with Crippen LogP contribution in [0.1, 0.15) is 5.56 Å². The number of carbonyl (C=O) groups is 1. The second-order valence-electron chi connectivity index (χ2n) is 4.46. The number of halogens is 3. The summed E-state index contributed by atoms with van der Waals surface area (Å²) in [5.74, 6) is -0.599. The number of nitriles is 1. The number of phenols is 1. The number of carbonyl (C=O) groups excluding carboxylic acids is 1. The topological polar surface area (TPSA) is 73.1 Å². The lowest BCUT2D eigenvalue weighted by Crippen LogP contribution is -2.13. The maximum Gasteiger partial charge on any atom is 0.266 e. The average Bonchev–Trinajstić information content (AvgIpc) is 2.49. The van der Waals surface area contributed by atoms with E-state index >= 15 is 0 Å². The lowest BCUT2D eigenvalue weighted by molar-refractivity contribution is -0.112. The number of phenolic OH excluding ortho intramolecular Hbond substituents is 1. The maximum absolute atomic E-state index is 12.2. The molecule has 2 aromatic carbocycles. The highest BCUT2D eigenvalue weighted by atomic mass is 127. The fraction of sp³-hybridized carbons (Fsp3) is 0. The number of benzene rings is 2. The summed E-state index contributed by atoms with van der Waals surface area (Å²) in [7, 11) is 0. The zero-order valence-electron chi connectivity index (χ0n) is 11.5. The number of nitrogens with zero attached hydrogens (tertiary/aromatic N) is 1. The molecule has 0 radical (unpaired) electrons.